The molecule has 3 aromatic heterocycles. The van der Waals surface area contributed by atoms with Gasteiger partial charge in [0.25, 0.3) is 0 Å². The van der Waals surface area contributed by atoms with Gasteiger partial charge in [-0.1, -0.05) is 46.3 Å². The number of nitrogens with one attached hydrogen (secondary N) is 1. The maximum atomic E-state index is 4.92. The first-order valence-corrected chi connectivity index (χ1v) is 8.51. The normalized spacial score (nSPS) is 11.5. The second kappa shape index (κ2) is 5.14. The highest BCUT2D eigenvalue weighted by molar-refractivity contribution is 9.10. The van der Waals surface area contributed by atoms with E-state index in [2.05, 4.69) is 68.4 Å². The molecule has 4 heteroatoms. The third-order valence-corrected chi connectivity index (χ3v) is 4.87. The Bertz CT molecular complexity index is 1210. The molecule has 0 amide bonds. The molecule has 24 heavy (non-hydrogen) atoms. The monoisotopic (exact) mass is 373 g/mol. The van der Waals surface area contributed by atoms with Gasteiger partial charge in [0.2, 0.25) is 0 Å². The van der Waals surface area contributed by atoms with Crippen LogP contribution in [0.15, 0.2) is 71.3 Å². The molecular weight excluding hydrogens is 362 g/mol. The molecule has 114 valence electrons. The maximum absolute atomic E-state index is 4.92. The molecule has 5 rings (SSSR count). The Kier molecular flexibility index (Phi) is 2.94. The number of H-pyrrole nitrogens is 1. The number of pyridine rings is 2. The Labute approximate surface area is 146 Å². The van der Waals surface area contributed by atoms with Crippen molar-refractivity contribution in [3.05, 3.63) is 71.3 Å². The zero-order valence-corrected chi connectivity index (χ0v) is 14.2. The Morgan fingerprint density at radius 2 is 1.67 bits per heavy atom. The smallest absolute Gasteiger partial charge is 0.138 e. The van der Waals surface area contributed by atoms with Crippen LogP contribution in [-0.4, -0.2) is 15.0 Å². The zero-order valence-electron chi connectivity index (χ0n) is 12.6. The van der Waals surface area contributed by atoms with E-state index in [1.54, 1.807) is 6.20 Å². The van der Waals surface area contributed by atoms with Crippen molar-refractivity contribution >= 4 is 48.8 Å². The molecule has 0 spiro atoms. The van der Waals surface area contributed by atoms with Crippen LogP contribution in [0.5, 0.6) is 0 Å². The van der Waals surface area contributed by atoms with Crippen LogP contribution in [0.2, 0.25) is 0 Å². The molecule has 0 atom stereocenters. The first kappa shape index (κ1) is 13.7. The van der Waals surface area contributed by atoms with Crippen LogP contribution in [0.4, 0.5) is 0 Å². The van der Waals surface area contributed by atoms with E-state index in [0.29, 0.717) is 0 Å². The topological polar surface area (TPSA) is 41.6 Å². The number of benzene rings is 2. The molecule has 0 aliphatic heterocycles. The number of hydrogen-bond donors (Lipinski definition) is 1. The number of hydrogen-bond acceptors (Lipinski definition) is 2. The van der Waals surface area contributed by atoms with E-state index >= 15 is 0 Å². The second-order valence-corrected chi connectivity index (χ2v) is 6.70. The van der Waals surface area contributed by atoms with E-state index in [-0.39, 0.29) is 0 Å². The number of aromatic nitrogens is 3. The van der Waals surface area contributed by atoms with Crippen LogP contribution in [0, 0.1) is 0 Å². The molecule has 0 aliphatic rings. The number of halogens is 1. The van der Waals surface area contributed by atoms with Crippen molar-refractivity contribution in [1.29, 1.82) is 0 Å². The molecule has 3 nitrogen and oxygen atoms in total. The van der Waals surface area contributed by atoms with Crippen molar-refractivity contribution in [3.8, 4) is 11.3 Å². The fourth-order valence-corrected chi connectivity index (χ4v) is 3.43. The summed E-state index contributed by atoms with van der Waals surface area (Å²) in [7, 11) is 0. The van der Waals surface area contributed by atoms with Crippen LogP contribution < -0.4 is 0 Å². The third-order valence-electron chi connectivity index (χ3n) is 4.34. The lowest BCUT2D eigenvalue weighted by atomic mass is 10.1. The average Bonchev–Trinajstić information content (AvgIpc) is 3.01. The number of rotatable bonds is 1. The fourth-order valence-electron chi connectivity index (χ4n) is 3.16. The van der Waals surface area contributed by atoms with Crippen LogP contribution in [0.3, 0.4) is 0 Å². The predicted molar refractivity (Wildman–Crippen MR) is 102 cm³/mol. The van der Waals surface area contributed by atoms with Gasteiger partial charge in [-0.3, -0.25) is 0 Å². The Hall–Kier alpha value is -2.72. The van der Waals surface area contributed by atoms with Gasteiger partial charge in [-0.2, -0.15) is 0 Å². The minimum absolute atomic E-state index is 0.899. The highest BCUT2D eigenvalue weighted by Gasteiger charge is 2.10. The van der Waals surface area contributed by atoms with E-state index in [1.165, 1.54) is 0 Å². The number of aromatic amines is 1. The van der Waals surface area contributed by atoms with Gasteiger partial charge >= 0.3 is 0 Å². The predicted octanol–water partition coefficient (Wildman–Crippen LogP) is 5.69. The van der Waals surface area contributed by atoms with Gasteiger partial charge in [0.15, 0.2) is 0 Å². The van der Waals surface area contributed by atoms with Crippen LogP contribution >= 0.6 is 15.9 Å². The first-order valence-electron chi connectivity index (χ1n) is 7.72. The molecule has 0 fully saturated rings. The summed E-state index contributed by atoms with van der Waals surface area (Å²) in [6, 6.07) is 20.7. The van der Waals surface area contributed by atoms with Crippen LogP contribution in [0.25, 0.3) is 44.1 Å². The lowest BCUT2D eigenvalue weighted by molar-refractivity contribution is 1.34. The number of fused-ring (bicyclic) bond motifs is 5. The number of nitrogens with zero attached hydrogens (tertiary/aromatic N) is 2. The van der Waals surface area contributed by atoms with E-state index in [4.69, 9.17) is 4.98 Å². The van der Waals surface area contributed by atoms with Gasteiger partial charge in [-0.05, 0) is 30.3 Å². The van der Waals surface area contributed by atoms with Crippen molar-refractivity contribution in [2.24, 2.45) is 0 Å². The summed E-state index contributed by atoms with van der Waals surface area (Å²) in [5.74, 6) is 0. The van der Waals surface area contributed by atoms with Crippen LogP contribution in [0.1, 0.15) is 0 Å². The van der Waals surface area contributed by atoms with Gasteiger partial charge < -0.3 is 4.98 Å². The van der Waals surface area contributed by atoms with E-state index in [9.17, 15) is 0 Å². The minimum atomic E-state index is 0.899. The molecule has 5 aromatic rings. The molecule has 1 N–H and O–H groups in total. The molecular formula is C20H12BrN3. The van der Waals surface area contributed by atoms with Gasteiger partial charge in [-0.15, -0.1) is 0 Å². The molecule has 2 aromatic carbocycles. The summed E-state index contributed by atoms with van der Waals surface area (Å²) in [6.07, 6.45) is 1.81. The van der Waals surface area contributed by atoms with Crippen LogP contribution in [-0.2, 0) is 0 Å². The van der Waals surface area contributed by atoms with E-state index < -0.39 is 0 Å². The van der Waals surface area contributed by atoms with Crippen molar-refractivity contribution in [2.45, 2.75) is 0 Å². The summed E-state index contributed by atoms with van der Waals surface area (Å²) in [4.78, 5) is 12.8. The first-order chi connectivity index (χ1) is 11.8. The standard InChI is InChI=1S/C20H12BrN3/c21-14-7-3-12(4-8-14)17-10-6-13-5-9-15-16-2-1-11-22-20(16)24-19(15)18(13)23-17/h1-11H,(H,22,24). The van der Waals surface area contributed by atoms with Gasteiger partial charge in [-0.25, -0.2) is 9.97 Å². The Morgan fingerprint density at radius 3 is 2.54 bits per heavy atom. The molecule has 0 unspecified atom stereocenters. The SMILES string of the molecule is Brc1ccc(-c2ccc3ccc4c5cccnc5[nH]c4c3n2)cc1. The highest BCUT2D eigenvalue weighted by Crippen LogP contribution is 2.31. The zero-order chi connectivity index (χ0) is 16.1. The molecule has 3 heterocycles. The third kappa shape index (κ3) is 2.03. The molecule has 0 radical (unpaired) electrons. The molecule has 0 aliphatic carbocycles. The quantitative estimate of drug-likeness (QED) is 0.409. The summed E-state index contributed by atoms with van der Waals surface area (Å²) in [5.41, 5.74) is 4.99. The summed E-state index contributed by atoms with van der Waals surface area (Å²) in [6.45, 7) is 0. The van der Waals surface area contributed by atoms with Gasteiger partial charge in [0, 0.05) is 32.4 Å². The maximum Gasteiger partial charge on any atom is 0.138 e. The molecule has 0 saturated heterocycles. The highest BCUT2D eigenvalue weighted by atomic mass is 79.9. The van der Waals surface area contributed by atoms with E-state index in [1.807, 2.05) is 18.2 Å². The van der Waals surface area contributed by atoms with E-state index in [0.717, 1.165) is 48.6 Å². The van der Waals surface area contributed by atoms with Gasteiger partial charge in [0.1, 0.15) is 5.65 Å². The summed E-state index contributed by atoms with van der Waals surface area (Å²) < 4.78 is 1.07. The molecule has 0 saturated carbocycles. The van der Waals surface area contributed by atoms with Crippen molar-refractivity contribution in [1.82, 2.24) is 15.0 Å². The van der Waals surface area contributed by atoms with Crippen molar-refractivity contribution < 1.29 is 0 Å². The average molecular weight is 374 g/mol. The minimum Gasteiger partial charge on any atom is -0.337 e. The van der Waals surface area contributed by atoms with Crippen molar-refractivity contribution in [2.75, 3.05) is 0 Å². The largest absolute Gasteiger partial charge is 0.337 e. The summed E-state index contributed by atoms with van der Waals surface area (Å²) in [5, 5.41) is 3.41. The lowest BCUT2D eigenvalue weighted by Gasteiger charge is -2.05. The molecule has 0 bridgehead atoms. The van der Waals surface area contributed by atoms with Gasteiger partial charge in [0.05, 0.1) is 16.7 Å². The second-order valence-electron chi connectivity index (χ2n) is 5.79. The fraction of sp³-hybridized carbons (Fsp3) is 0. The Morgan fingerprint density at radius 1 is 0.833 bits per heavy atom. The van der Waals surface area contributed by atoms with Crippen molar-refractivity contribution in [3.63, 3.8) is 0 Å². The Balaban J connectivity index is 1.83. The lowest BCUT2D eigenvalue weighted by Crippen LogP contribution is -1.86. The summed E-state index contributed by atoms with van der Waals surface area (Å²) >= 11 is 3.48.